The quantitative estimate of drug-likeness (QED) is 0.776. The third-order valence-corrected chi connectivity index (χ3v) is 7.34. The summed E-state index contributed by atoms with van der Waals surface area (Å²) in [5.74, 6) is 0.820. The molecule has 2 heterocycles. The van der Waals surface area contributed by atoms with Gasteiger partial charge in [0.1, 0.15) is 0 Å². The molecule has 0 N–H and O–H groups in total. The minimum absolute atomic E-state index is 0.187. The second-order valence-corrected chi connectivity index (χ2v) is 8.25. The maximum absolute atomic E-state index is 12.7. The zero-order valence-electron chi connectivity index (χ0n) is 11.0. The lowest BCUT2D eigenvalue weighted by atomic mass is 9.90. The molecule has 4 aliphatic rings. The van der Waals surface area contributed by atoms with Crippen LogP contribution in [0.5, 0.6) is 0 Å². The number of hydrogen-bond donors (Lipinski definition) is 0. The number of sulfonamides is 1. The van der Waals surface area contributed by atoms with Crippen molar-refractivity contribution < 1.29 is 8.42 Å². The number of piperidine rings is 1. The van der Waals surface area contributed by atoms with Crippen LogP contribution in [0.15, 0.2) is 39.4 Å². The Morgan fingerprint density at radius 3 is 2.10 bits per heavy atom. The molecule has 0 radical (unpaired) electrons. The molecular formula is C14H15N3O2S. The van der Waals surface area contributed by atoms with Gasteiger partial charge in [-0.1, -0.05) is 17.7 Å². The molecule has 5 rings (SSSR count). The normalized spacial score (nSPS) is 46.8. The average molecular weight is 289 g/mol. The first-order valence-electron chi connectivity index (χ1n) is 7.09. The van der Waals surface area contributed by atoms with Gasteiger partial charge in [-0.15, -0.1) is 0 Å². The van der Waals surface area contributed by atoms with E-state index in [1.54, 1.807) is 16.4 Å². The SMILES string of the molecule is Cc1ccc(S(=O)(=O)N2[C@@H]3[C@@H]4C[C@@H]([C@H]5N=N[C@@H]45)[C@@H]32)cc1. The minimum atomic E-state index is -3.34. The molecule has 1 aromatic rings. The Morgan fingerprint density at radius 2 is 1.60 bits per heavy atom. The van der Waals surface area contributed by atoms with E-state index in [4.69, 9.17) is 0 Å². The lowest BCUT2D eigenvalue weighted by Crippen LogP contribution is -2.39. The van der Waals surface area contributed by atoms with Gasteiger partial charge in [-0.05, 0) is 25.5 Å². The van der Waals surface area contributed by atoms with E-state index in [0.717, 1.165) is 12.0 Å². The summed E-state index contributed by atoms with van der Waals surface area (Å²) in [6.45, 7) is 1.96. The molecule has 2 aliphatic heterocycles. The van der Waals surface area contributed by atoms with Crippen molar-refractivity contribution in [1.29, 1.82) is 0 Å². The van der Waals surface area contributed by atoms with Crippen molar-refractivity contribution in [3.8, 4) is 0 Å². The number of azo groups is 1. The zero-order chi connectivity index (χ0) is 13.6. The van der Waals surface area contributed by atoms with Crippen LogP contribution < -0.4 is 0 Å². The molecule has 2 aliphatic carbocycles. The van der Waals surface area contributed by atoms with Crippen LogP contribution in [0.25, 0.3) is 0 Å². The Hall–Kier alpha value is -1.27. The second-order valence-electron chi connectivity index (χ2n) is 6.40. The molecular weight excluding hydrogens is 274 g/mol. The summed E-state index contributed by atoms with van der Waals surface area (Å²) in [6, 6.07) is 8.12. The first kappa shape index (κ1) is 11.4. The molecule has 20 heavy (non-hydrogen) atoms. The molecule has 2 bridgehead atoms. The molecule has 0 aromatic heterocycles. The van der Waals surface area contributed by atoms with Gasteiger partial charge in [-0.3, -0.25) is 0 Å². The molecule has 104 valence electrons. The van der Waals surface area contributed by atoms with Gasteiger partial charge < -0.3 is 0 Å². The molecule has 6 heteroatoms. The van der Waals surface area contributed by atoms with Crippen molar-refractivity contribution in [3.63, 3.8) is 0 Å². The van der Waals surface area contributed by atoms with E-state index in [1.807, 2.05) is 19.1 Å². The molecule has 1 unspecified atom stereocenters. The molecule has 0 spiro atoms. The lowest BCUT2D eigenvalue weighted by Gasteiger charge is -2.28. The summed E-state index contributed by atoms with van der Waals surface area (Å²) in [5.41, 5.74) is 1.07. The van der Waals surface area contributed by atoms with Crippen LogP contribution in [0, 0.1) is 18.8 Å². The van der Waals surface area contributed by atoms with E-state index in [-0.39, 0.29) is 12.1 Å². The number of fused-ring (bicyclic) bond motifs is 8. The van der Waals surface area contributed by atoms with Gasteiger partial charge >= 0.3 is 0 Å². The predicted octanol–water partition coefficient (Wildman–Crippen LogP) is 1.59. The maximum atomic E-state index is 12.7. The van der Waals surface area contributed by atoms with Crippen molar-refractivity contribution in [2.45, 2.75) is 42.4 Å². The van der Waals surface area contributed by atoms with Crippen molar-refractivity contribution in [1.82, 2.24) is 4.31 Å². The molecule has 0 amide bonds. The first-order chi connectivity index (χ1) is 9.59. The highest BCUT2D eigenvalue weighted by molar-refractivity contribution is 7.89. The Labute approximate surface area is 117 Å². The van der Waals surface area contributed by atoms with Gasteiger partial charge in [0.05, 0.1) is 17.0 Å². The van der Waals surface area contributed by atoms with Gasteiger partial charge in [-0.25, -0.2) is 8.42 Å². The van der Waals surface area contributed by atoms with Crippen LogP contribution in [-0.4, -0.2) is 36.9 Å². The number of rotatable bonds is 2. The van der Waals surface area contributed by atoms with E-state index in [0.29, 0.717) is 28.8 Å². The van der Waals surface area contributed by atoms with Crippen LogP contribution in [-0.2, 0) is 10.0 Å². The Balaban J connectivity index is 1.50. The standard InChI is InChI=1S/C14H15N3O2S/c1-7-2-4-8(5-3-7)20(18,19)17-13-9-6-10(14(13)17)12-11(9)15-16-12/h2-5,9-14H,6H2,1H3/t9-,10+,11+,12-,13-,14+,17?. The van der Waals surface area contributed by atoms with Crippen LogP contribution in [0.2, 0.25) is 0 Å². The summed E-state index contributed by atoms with van der Waals surface area (Å²) in [5, 5.41) is 8.39. The predicted molar refractivity (Wildman–Crippen MR) is 71.8 cm³/mol. The largest absolute Gasteiger partial charge is 0.243 e. The fourth-order valence-corrected chi connectivity index (χ4v) is 6.33. The van der Waals surface area contributed by atoms with E-state index in [2.05, 4.69) is 10.2 Å². The fourth-order valence-electron chi connectivity index (χ4n) is 4.46. The molecule has 7 atom stereocenters. The molecule has 3 fully saturated rings. The second kappa shape index (κ2) is 3.31. The van der Waals surface area contributed by atoms with Crippen molar-refractivity contribution >= 4 is 10.0 Å². The summed E-state index contributed by atoms with van der Waals surface area (Å²) in [7, 11) is -3.34. The van der Waals surface area contributed by atoms with Crippen molar-refractivity contribution in [3.05, 3.63) is 29.8 Å². The Morgan fingerprint density at radius 1 is 1.05 bits per heavy atom. The summed E-state index contributed by atoms with van der Waals surface area (Å²) < 4.78 is 27.2. The Kier molecular flexibility index (Phi) is 1.89. The van der Waals surface area contributed by atoms with E-state index < -0.39 is 10.0 Å². The van der Waals surface area contributed by atoms with E-state index in [1.165, 1.54) is 0 Å². The van der Waals surface area contributed by atoms with Crippen LogP contribution in [0.3, 0.4) is 0 Å². The number of benzene rings is 1. The van der Waals surface area contributed by atoms with Gasteiger partial charge in [0.25, 0.3) is 0 Å². The highest BCUT2D eigenvalue weighted by Gasteiger charge is 2.75. The van der Waals surface area contributed by atoms with Crippen molar-refractivity contribution in [2.24, 2.45) is 22.1 Å². The third-order valence-electron chi connectivity index (χ3n) is 5.43. The van der Waals surface area contributed by atoms with Crippen molar-refractivity contribution in [2.75, 3.05) is 0 Å². The van der Waals surface area contributed by atoms with Crippen LogP contribution in [0.4, 0.5) is 0 Å². The highest BCUT2D eigenvalue weighted by Crippen LogP contribution is 2.63. The van der Waals surface area contributed by atoms with Gasteiger partial charge in [-0.2, -0.15) is 14.5 Å². The first-order valence-corrected chi connectivity index (χ1v) is 8.53. The average Bonchev–Trinajstić information content (AvgIpc) is 2.97. The highest BCUT2D eigenvalue weighted by atomic mass is 32.2. The topological polar surface area (TPSA) is 61.9 Å². The summed E-state index contributed by atoms with van der Waals surface area (Å²) >= 11 is 0. The summed E-state index contributed by atoms with van der Waals surface area (Å²) in [4.78, 5) is 0.415. The van der Waals surface area contributed by atoms with Gasteiger partial charge in [0, 0.05) is 23.9 Å². The Bertz CT molecular complexity index is 703. The fraction of sp³-hybridized carbons (Fsp3) is 0.571. The minimum Gasteiger partial charge on any atom is -0.207 e. The number of aryl methyl sites for hydroxylation is 1. The van der Waals surface area contributed by atoms with Gasteiger partial charge in [0.2, 0.25) is 10.0 Å². The van der Waals surface area contributed by atoms with E-state index >= 15 is 0 Å². The smallest absolute Gasteiger partial charge is 0.207 e. The lowest BCUT2D eigenvalue weighted by molar-refractivity contribution is 0.315. The molecule has 5 nitrogen and oxygen atoms in total. The number of hydrogen-bond acceptors (Lipinski definition) is 4. The zero-order valence-corrected chi connectivity index (χ0v) is 11.9. The molecule has 1 aromatic carbocycles. The van der Waals surface area contributed by atoms with Crippen LogP contribution >= 0.6 is 0 Å². The molecule has 2 saturated carbocycles. The van der Waals surface area contributed by atoms with E-state index in [9.17, 15) is 8.42 Å². The third kappa shape index (κ3) is 1.16. The maximum Gasteiger partial charge on any atom is 0.243 e. The molecule has 1 saturated heterocycles. The summed E-state index contributed by atoms with van der Waals surface area (Å²) in [6.07, 6.45) is 1.11. The van der Waals surface area contributed by atoms with Crippen LogP contribution in [0.1, 0.15) is 12.0 Å². The monoisotopic (exact) mass is 289 g/mol. The number of nitrogens with zero attached hydrogens (tertiary/aromatic N) is 3. The van der Waals surface area contributed by atoms with Gasteiger partial charge in [0.15, 0.2) is 0 Å².